The number of ether oxygens (including phenoxy) is 1. The standard InChI is InChI=1S/C17H25NO3/c1-21-15-8-5-14(6-9-15)7-10-16(20)18-17(13-19)11-3-2-4-12-17/h5-6,8-9,19H,2-4,7,10-13H2,1H3,(H,18,20). The van der Waals surface area contributed by atoms with Crippen molar-refractivity contribution in [2.45, 2.75) is 50.5 Å². The molecule has 1 aliphatic carbocycles. The summed E-state index contributed by atoms with van der Waals surface area (Å²) in [6.07, 6.45) is 6.29. The summed E-state index contributed by atoms with van der Waals surface area (Å²) in [6.45, 7) is 0.0429. The predicted molar refractivity (Wildman–Crippen MR) is 82.4 cm³/mol. The Morgan fingerprint density at radius 3 is 2.48 bits per heavy atom. The van der Waals surface area contributed by atoms with Crippen LogP contribution in [0.1, 0.15) is 44.1 Å². The molecule has 0 spiro atoms. The van der Waals surface area contributed by atoms with Crippen LogP contribution in [0.3, 0.4) is 0 Å². The average molecular weight is 291 g/mol. The summed E-state index contributed by atoms with van der Waals surface area (Å²) in [6, 6.07) is 7.77. The Balaban J connectivity index is 1.83. The number of amides is 1. The number of hydrogen-bond acceptors (Lipinski definition) is 3. The van der Waals surface area contributed by atoms with Crippen LogP contribution in [0.15, 0.2) is 24.3 Å². The van der Waals surface area contributed by atoms with E-state index >= 15 is 0 Å². The second-order valence-electron chi connectivity index (χ2n) is 5.90. The molecule has 1 aromatic carbocycles. The highest BCUT2D eigenvalue weighted by molar-refractivity contribution is 5.77. The third-order valence-electron chi connectivity index (χ3n) is 4.32. The molecule has 0 heterocycles. The van der Waals surface area contributed by atoms with Crippen molar-refractivity contribution in [3.63, 3.8) is 0 Å². The van der Waals surface area contributed by atoms with Crippen molar-refractivity contribution in [1.29, 1.82) is 0 Å². The zero-order valence-electron chi connectivity index (χ0n) is 12.7. The molecule has 21 heavy (non-hydrogen) atoms. The fourth-order valence-electron chi connectivity index (χ4n) is 2.96. The Bertz CT molecular complexity index is 450. The lowest BCUT2D eigenvalue weighted by Crippen LogP contribution is -2.52. The number of carbonyl (C=O) groups is 1. The first kappa shape index (κ1) is 15.8. The average Bonchev–Trinajstić information content (AvgIpc) is 2.54. The molecule has 0 atom stereocenters. The van der Waals surface area contributed by atoms with Gasteiger partial charge < -0.3 is 15.2 Å². The maximum Gasteiger partial charge on any atom is 0.220 e. The zero-order chi connectivity index (χ0) is 15.1. The first-order valence-electron chi connectivity index (χ1n) is 7.72. The Morgan fingerprint density at radius 1 is 1.24 bits per heavy atom. The molecule has 1 fully saturated rings. The molecular weight excluding hydrogens is 266 g/mol. The molecule has 0 aliphatic heterocycles. The van der Waals surface area contributed by atoms with Gasteiger partial charge in [0.05, 0.1) is 19.3 Å². The van der Waals surface area contributed by atoms with Crippen LogP contribution >= 0.6 is 0 Å². The molecule has 0 radical (unpaired) electrons. The molecule has 1 saturated carbocycles. The predicted octanol–water partition coefficient (Wildman–Crippen LogP) is 2.44. The van der Waals surface area contributed by atoms with Crippen molar-refractivity contribution in [3.05, 3.63) is 29.8 Å². The van der Waals surface area contributed by atoms with Crippen LogP contribution in [-0.2, 0) is 11.2 Å². The van der Waals surface area contributed by atoms with Gasteiger partial charge in [-0.3, -0.25) is 4.79 Å². The molecule has 0 unspecified atom stereocenters. The Kier molecular flexibility index (Phi) is 5.62. The molecule has 2 rings (SSSR count). The number of aliphatic hydroxyl groups excluding tert-OH is 1. The topological polar surface area (TPSA) is 58.6 Å². The van der Waals surface area contributed by atoms with Gasteiger partial charge in [-0.05, 0) is 37.0 Å². The molecule has 2 N–H and O–H groups in total. The van der Waals surface area contributed by atoms with E-state index in [-0.39, 0.29) is 18.1 Å². The molecule has 0 aromatic heterocycles. The van der Waals surface area contributed by atoms with Crippen LogP contribution in [0, 0.1) is 0 Å². The van der Waals surface area contributed by atoms with E-state index in [2.05, 4.69) is 5.32 Å². The lowest BCUT2D eigenvalue weighted by molar-refractivity contribution is -0.124. The van der Waals surface area contributed by atoms with Gasteiger partial charge in [-0.2, -0.15) is 0 Å². The highest BCUT2D eigenvalue weighted by Gasteiger charge is 2.32. The van der Waals surface area contributed by atoms with E-state index < -0.39 is 0 Å². The third-order valence-corrected chi connectivity index (χ3v) is 4.32. The monoisotopic (exact) mass is 291 g/mol. The maximum atomic E-state index is 12.1. The second kappa shape index (κ2) is 7.46. The normalized spacial score (nSPS) is 17.2. The summed E-state index contributed by atoms with van der Waals surface area (Å²) in [7, 11) is 1.64. The smallest absolute Gasteiger partial charge is 0.220 e. The molecule has 116 valence electrons. The molecule has 1 aliphatic rings. The van der Waals surface area contributed by atoms with E-state index in [1.807, 2.05) is 24.3 Å². The van der Waals surface area contributed by atoms with Crippen LogP contribution in [0.5, 0.6) is 5.75 Å². The zero-order valence-corrected chi connectivity index (χ0v) is 12.7. The van der Waals surface area contributed by atoms with Gasteiger partial charge in [-0.25, -0.2) is 0 Å². The molecule has 4 heteroatoms. The van der Waals surface area contributed by atoms with Gasteiger partial charge in [0, 0.05) is 6.42 Å². The first-order chi connectivity index (χ1) is 10.2. The van der Waals surface area contributed by atoms with Gasteiger partial charge in [0.25, 0.3) is 0 Å². The molecule has 0 bridgehead atoms. The fraction of sp³-hybridized carbons (Fsp3) is 0.588. The number of rotatable bonds is 6. The summed E-state index contributed by atoms with van der Waals surface area (Å²) in [5, 5.41) is 12.7. The number of aliphatic hydroxyl groups is 1. The number of hydrogen-bond donors (Lipinski definition) is 2. The quantitative estimate of drug-likeness (QED) is 0.846. The van der Waals surface area contributed by atoms with E-state index in [4.69, 9.17) is 4.74 Å². The Labute approximate surface area is 126 Å². The number of methoxy groups -OCH3 is 1. The lowest BCUT2D eigenvalue weighted by atomic mass is 9.82. The molecule has 1 amide bonds. The van der Waals surface area contributed by atoms with Gasteiger partial charge in [0.2, 0.25) is 5.91 Å². The summed E-state index contributed by atoms with van der Waals surface area (Å²) in [5.41, 5.74) is 0.738. The number of carbonyl (C=O) groups excluding carboxylic acids is 1. The SMILES string of the molecule is COc1ccc(CCC(=O)NC2(CO)CCCCC2)cc1. The largest absolute Gasteiger partial charge is 0.497 e. The fourth-order valence-corrected chi connectivity index (χ4v) is 2.96. The minimum atomic E-state index is -0.380. The van der Waals surface area contributed by atoms with Crippen molar-refractivity contribution in [3.8, 4) is 5.75 Å². The first-order valence-corrected chi connectivity index (χ1v) is 7.72. The van der Waals surface area contributed by atoms with Gasteiger partial charge in [-0.1, -0.05) is 31.4 Å². The summed E-state index contributed by atoms with van der Waals surface area (Å²) < 4.78 is 5.12. The Hall–Kier alpha value is -1.55. The van der Waals surface area contributed by atoms with E-state index in [1.165, 1.54) is 6.42 Å². The summed E-state index contributed by atoms with van der Waals surface area (Å²) in [5.74, 6) is 0.853. The third kappa shape index (κ3) is 4.46. The lowest BCUT2D eigenvalue weighted by Gasteiger charge is -2.36. The van der Waals surface area contributed by atoms with Crippen LogP contribution < -0.4 is 10.1 Å². The second-order valence-corrected chi connectivity index (χ2v) is 5.90. The minimum Gasteiger partial charge on any atom is -0.497 e. The summed E-state index contributed by atoms with van der Waals surface area (Å²) >= 11 is 0. The molecule has 4 nitrogen and oxygen atoms in total. The molecular formula is C17H25NO3. The molecule has 0 saturated heterocycles. The van der Waals surface area contributed by atoms with E-state index in [1.54, 1.807) is 7.11 Å². The van der Waals surface area contributed by atoms with E-state index in [9.17, 15) is 9.90 Å². The Morgan fingerprint density at radius 2 is 1.90 bits per heavy atom. The van der Waals surface area contributed by atoms with Gasteiger partial charge in [-0.15, -0.1) is 0 Å². The number of aryl methyl sites for hydroxylation is 1. The van der Waals surface area contributed by atoms with Crippen LogP contribution in [0.4, 0.5) is 0 Å². The van der Waals surface area contributed by atoms with E-state index in [0.29, 0.717) is 12.8 Å². The van der Waals surface area contributed by atoms with Crippen molar-refractivity contribution in [2.24, 2.45) is 0 Å². The van der Waals surface area contributed by atoms with Gasteiger partial charge >= 0.3 is 0 Å². The minimum absolute atomic E-state index is 0.0294. The van der Waals surface area contributed by atoms with E-state index in [0.717, 1.165) is 37.0 Å². The maximum absolute atomic E-state index is 12.1. The van der Waals surface area contributed by atoms with Crippen molar-refractivity contribution < 1.29 is 14.6 Å². The highest BCUT2D eigenvalue weighted by Crippen LogP contribution is 2.27. The highest BCUT2D eigenvalue weighted by atomic mass is 16.5. The van der Waals surface area contributed by atoms with Crippen molar-refractivity contribution in [1.82, 2.24) is 5.32 Å². The van der Waals surface area contributed by atoms with Crippen LogP contribution in [0.25, 0.3) is 0 Å². The van der Waals surface area contributed by atoms with Crippen LogP contribution in [-0.4, -0.2) is 30.3 Å². The van der Waals surface area contributed by atoms with Gasteiger partial charge in [0.15, 0.2) is 0 Å². The number of nitrogens with one attached hydrogen (secondary N) is 1. The van der Waals surface area contributed by atoms with Gasteiger partial charge in [0.1, 0.15) is 5.75 Å². The number of benzene rings is 1. The van der Waals surface area contributed by atoms with Crippen LogP contribution in [0.2, 0.25) is 0 Å². The van der Waals surface area contributed by atoms with Crippen molar-refractivity contribution >= 4 is 5.91 Å². The summed E-state index contributed by atoms with van der Waals surface area (Å²) in [4.78, 5) is 12.1. The van der Waals surface area contributed by atoms with Crippen molar-refractivity contribution in [2.75, 3.05) is 13.7 Å². The molecule has 1 aromatic rings.